The van der Waals surface area contributed by atoms with Gasteiger partial charge in [0.25, 0.3) is 0 Å². The molecule has 2 rings (SSSR count). The Balaban J connectivity index is 2.12. The molecule has 0 radical (unpaired) electrons. The van der Waals surface area contributed by atoms with Crippen molar-refractivity contribution in [1.29, 1.82) is 0 Å². The first kappa shape index (κ1) is 15.9. The van der Waals surface area contributed by atoms with E-state index in [1.54, 1.807) is 12.4 Å². The molecule has 2 heterocycles. The van der Waals surface area contributed by atoms with Crippen molar-refractivity contribution >= 4 is 11.1 Å². The SMILES string of the molecule is C=C(C=CC=C(CCCC)c1cccnc1)c1ccccn1. The van der Waals surface area contributed by atoms with Crippen molar-refractivity contribution in [2.24, 2.45) is 0 Å². The number of rotatable bonds is 7. The Morgan fingerprint density at radius 1 is 1.18 bits per heavy atom. The predicted molar refractivity (Wildman–Crippen MR) is 94.2 cm³/mol. The second-order valence-electron chi connectivity index (χ2n) is 5.14. The molecule has 112 valence electrons. The van der Waals surface area contributed by atoms with Gasteiger partial charge in [0.2, 0.25) is 0 Å². The Bertz CT molecular complexity index is 640. The zero-order valence-corrected chi connectivity index (χ0v) is 13.1. The van der Waals surface area contributed by atoms with Crippen molar-refractivity contribution in [2.75, 3.05) is 0 Å². The molecule has 0 saturated carbocycles. The minimum Gasteiger partial charge on any atom is -0.264 e. The summed E-state index contributed by atoms with van der Waals surface area (Å²) in [5.41, 5.74) is 4.31. The second kappa shape index (κ2) is 8.73. The van der Waals surface area contributed by atoms with Gasteiger partial charge < -0.3 is 0 Å². The van der Waals surface area contributed by atoms with Gasteiger partial charge in [0.1, 0.15) is 0 Å². The summed E-state index contributed by atoms with van der Waals surface area (Å²) in [5, 5.41) is 0. The fourth-order valence-electron chi connectivity index (χ4n) is 2.16. The summed E-state index contributed by atoms with van der Waals surface area (Å²) in [6.07, 6.45) is 15.1. The highest BCUT2D eigenvalue weighted by Gasteiger charge is 2.00. The maximum atomic E-state index is 4.30. The molecule has 0 amide bonds. The van der Waals surface area contributed by atoms with Crippen molar-refractivity contribution in [3.8, 4) is 0 Å². The second-order valence-corrected chi connectivity index (χ2v) is 5.14. The van der Waals surface area contributed by atoms with Crippen LogP contribution in [0.15, 0.2) is 73.7 Å². The average molecular weight is 290 g/mol. The van der Waals surface area contributed by atoms with Crippen molar-refractivity contribution in [1.82, 2.24) is 9.97 Å². The third-order valence-electron chi connectivity index (χ3n) is 3.42. The average Bonchev–Trinajstić information content (AvgIpc) is 2.59. The van der Waals surface area contributed by atoms with Crippen LogP contribution >= 0.6 is 0 Å². The molecule has 0 aliphatic heterocycles. The van der Waals surface area contributed by atoms with Gasteiger partial charge in [-0.2, -0.15) is 0 Å². The molecule has 2 aromatic rings. The number of pyridine rings is 2. The van der Waals surface area contributed by atoms with E-state index in [9.17, 15) is 0 Å². The maximum Gasteiger partial charge on any atom is 0.0695 e. The molecule has 0 bridgehead atoms. The van der Waals surface area contributed by atoms with Gasteiger partial charge >= 0.3 is 0 Å². The Morgan fingerprint density at radius 2 is 2.09 bits per heavy atom. The lowest BCUT2D eigenvalue weighted by Crippen LogP contribution is -1.86. The Labute approximate surface area is 133 Å². The largest absolute Gasteiger partial charge is 0.264 e. The number of hydrogen-bond acceptors (Lipinski definition) is 2. The summed E-state index contributed by atoms with van der Waals surface area (Å²) in [4.78, 5) is 8.51. The summed E-state index contributed by atoms with van der Waals surface area (Å²) in [5.74, 6) is 0. The minimum atomic E-state index is 0.906. The van der Waals surface area contributed by atoms with E-state index < -0.39 is 0 Å². The van der Waals surface area contributed by atoms with Crippen molar-refractivity contribution in [3.05, 3.63) is 85.0 Å². The van der Waals surface area contributed by atoms with E-state index in [4.69, 9.17) is 0 Å². The lowest BCUT2D eigenvalue weighted by Gasteiger charge is -2.05. The number of unbranched alkanes of at least 4 members (excludes halogenated alkanes) is 1. The first-order valence-electron chi connectivity index (χ1n) is 7.69. The number of hydrogen-bond donors (Lipinski definition) is 0. The van der Waals surface area contributed by atoms with E-state index in [-0.39, 0.29) is 0 Å². The van der Waals surface area contributed by atoms with Gasteiger partial charge in [0.15, 0.2) is 0 Å². The smallest absolute Gasteiger partial charge is 0.0695 e. The van der Waals surface area contributed by atoms with E-state index in [1.165, 1.54) is 24.0 Å². The summed E-state index contributed by atoms with van der Waals surface area (Å²) in [7, 11) is 0. The lowest BCUT2D eigenvalue weighted by atomic mass is 10.0. The van der Waals surface area contributed by atoms with Crippen LogP contribution in [0.1, 0.15) is 37.4 Å². The summed E-state index contributed by atoms with van der Waals surface area (Å²) in [6.45, 7) is 6.27. The summed E-state index contributed by atoms with van der Waals surface area (Å²) >= 11 is 0. The molecule has 0 N–H and O–H groups in total. The van der Waals surface area contributed by atoms with Crippen LogP contribution < -0.4 is 0 Å². The molecule has 0 saturated heterocycles. The molecule has 2 nitrogen and oxygen atoms in total. The van der Waals surface area contributed by atoms with E-state index in [1.807, 2.05) is 36.5 Å². The first-order valence-corrected chi connectivity index (χ1v) is 7.69. The van der Waals surface area contributed by atoms with Crippen molar-refractivity contribution in [2.45, 2.75) is 26.2 Å². The highest BCUT2D eigenvalue weighted by Crippen LogP contribution is 2.20. The van der Waals surface area contributed by atoms with Gasteiger partial charge in [-0.25, -0.2) is 0 Å². The van der Waals surface area contributed by atoms with Crippen molar-refractivity contribution in [3.63, 3.8) is 0 Å². The van der Waals surface area contributed by atoms with E-state index >= 15 is 0 Å². The highest BCUT2D eigenvalue weighted by atomic mass is 14.7. The normalized spacial score (nSPS) is 11.8. The molecule has 0 aromatic carbocycles. The quantitative estimate of drug-likeness (QED) is 0.645. The van der Waals surface area contributed by atoms with Crippen molar-refractivity contribution < 1.29 is 0 Å². The van der Waals surface area contributed by atoms with Gasteiger partial charge in [-0.1, -0.05) is 50.3 Å². The first-order chi connectivity index (χ1) is 10.8. The van der Waals surface area contributed by atoms with Gasteiger partial charge in [0, 0.05) is 18.6 Å². The van der Waals surface area contributed by atoms with Gasteiger partial charge in [-0.15, -0.1) is 0 Å². The van der Waals surface area contributed by atoms with Crippen LogP contribution in [0.25, 0.3) is 11.1 Å². The Morgan fingerprint density at radius 3 is 2.77 bits per heavy atom. The molecule has 0 aliphatic carbocycles. The molecular formula is C20H22N2. The van der Waals surface area contributed by atoms with Crippen LogP contribution in [0.5, 0.6) is 0 Å². The van der Waals surface area contributed by atoms with Gasteiger partial charge in [-0.05, 0) is 47.8 Å². The number of aromatic nitrogens is 2. The van der Waals surface area contributed by atoms with E-state index in [2.05, 4.69) is 41.7 Å². The van der Waals surface area contributed by atoms with E-state index in [0.717, 1.165) is 17.7 Å². The third kappa shape index (κ3) is 4.81. The Kier molecular flexibility index (Phi) is 6.31. The lowest BCUT2D eigenvalue weighted by molar-refractivity contribution is 0.824. The third-order valence-corrected chi connectivity index (χ3v) is 3.42. The molecule has 22 heavy (non-hydrogen) atoms. The van der Waals surface area contributed by atoms with Crippen LogP contribution in [-0.4, -0.2) is 9.97 Å². The molecule has 0 fully saturated rings. The fourth-order valence-corrected chi connectivity index (χ4v) is 2.16. The molecule has 0 aliphatic rings. The molecule has 0 spiro atoms. The van der Waals surface area contributed by atoms with Crippen LogP contribution in [0.2, 0.25) is 0 Å². The van der Waals surface area contributed by atoms with Gasteiger partial charge in [0.05, 0.1) is 5.69 Å². The molecule has 2 aromatic heterocycles. The topological polar surface area (TPSA) is 25.8 Å². The number of allylic oxidation sites excluding steroid dienone is 5. The molecule has 0 atom stereocenters. The zero-order chi connectivity index (χ0) is 15.6. The van der Waals surface area contributed by atoms with Crippen LogP contribution in [0.4, 0.5) is 0 Å². The minimum absolute atomic E-state index is 0.906. The van der Waals surface area contributed by atoms with E-state index in [0.29, 0.717) is 0 Å². The highest BCUT2D eigenvalue weighted by molar-refractivity contribution is 5.72. The fraction of sp³-hybridized carbons (Fsp3) is 0.200. The monoisotopic (exact) mass is 290 g/mol. The summed E-state index contributed by atoms with van der Waals surface area (Å²) < 4.78 is 0. The molecule has 2 heteroatoms. The van der Waals surface area contributed by atoms with Gasteiger partial charge in [-0.3, -0.25) is 9.97 Å². The number of nitrogens with zero attached hydrogens (tertiary/aromatic N) is 2. The zero-order valence-electron chi connectivity index (χ0n) is 13.1. The standard InChI is InChI=1S/C20H22N2/c1-3-4-10-18(19-12-8-14-21-16-19)11-7-9-17(2)20-13-5-6-15-22-20/h5-9,11-16H,2-4,10H2,1H3. The maximum absolute atomic E-state index is 4.30. The van der Waals surface area contributed by atoms with Crippen LogP contribution in [0.3, 0.4) is 0 Å². The van der Waals surface area contributed by atoms with Crippen LogP contribution in [-0.2, 0) is 0 Å². The molecular weight excluding hydrogens is 268 g/mol. The Hall–Kier alpha value is -2.48. The summed E-state index contributed by atoms with van der Waals surface area (Å²) in [6, 6.07) is 9.93. The molecule has 0 unspecified atom stereocenters. The predicted octanol–water partition coefficient (Wildman–Crippen LogP) is 5.32. The van der Waals surface area contributed by atoms with Crippen LogP contribution in [0, 0.1) is 0 Å².